The smallest absolute Gasteiger partial charge is 0.241 e. The monoisotopic (exact) mass is 323 g/mol. The van der Waals surface area contributed by atoms with Crippen LogP contribution in [0, 0.1) is 0 Å². The highest BCUT2D eigenvalue weighted by Gasteiger charge is 2.30. The summed E-state index contributed by atoms with van der Waals surface area (Å²) in [5, 5.41) is 5.81. The molecule has 0 aliphatic carbocycles. The zero-order chi connectivity index (χ0) is 15.1. The number of aromatic nitrogens is 1. The molecule has 5 nitrogen and oxygen atoms in total. The van der Waals surface area contributed by atoms with Gasteiger partial charge in [-0.15, -0.1) is 11.3 Å². The lowest BCUT2D eigenvalue weighted by atomic mass is 10.1. The zero-order valence-electron chi connectivity index (χ0n) is 11.9. The normalized spacial score (nSPS) is 14.8. The summed E-state index contributed by atoms with van der Waals surface area (Å²) in [5.74, 6) is 0. The van der Waals surface area contributed by atoms with E-state index in [1.54, 1.807) is 18.3 Å². The molecule has 0 spiro atoms. The van der Waals surface area contributed by atoms with Crippen LogP contribution in [-0.2, 0) is 22.0 Å². The molecule has 3 rings (SSSR count). The van der Waals surface area contributed by atoms with Crippen molar-refractivity contribution in [2.45, 2.75) is 30.7 Å². The number of hydrogen-bond acceptors (Lipinski definition) is 5. The Balaban J connectivity index is 1.91. The first-order valence-corrected chi connectivity index (χ1v) is 9.05. The number of fused-ring (bicyclic) bond motifs is 1. The summed E-state index contributed by atoms with van der Waals surface area (Å²) in [5.41, 5.74) is 1.34. The van der Waals surface area contributed by atoms with Crippen molar-refractivity contribution in [3.8, 4) is 0 Å². The molecule has 0 unspecified atom stereocenters. The first kappa shape index (κ1) is 14.5. The van der Waals surface area contributed by atoms with Gasteiger partial charge in [0.15, 0.2) is 0 Å². The minimum atomic E-state index is -3.58. The molecule has 0 radical (unpaired) electrons. The third-order valence-corrected chi connectivity index (χ3v) is 6.20. The van der Waals surface area contributed by atoms with Crippen LogP contribution in [0.2, 0.25) is 0 Å². The molecule has 112 valence electrons. The quantitative estimate of drug-likeness (QED) is 0.906. The van der Waals surface area contributed by atoms with Gasteiger partial charge in [-0.1, -0.05) is 0 Å². The number of anilines is 1. The van der Waals surface area contributed by atoms with Gasteiger partial charge in [-0.2, -0.15) is 4.72 Å². The molecule has 1 aromatic carbocycles. The predicted molar refractivity (Wildman–Crippen MR) is 84.1 cm³/mol. The summed E-state index contributed by atoms with van der Waals surface area (Å²) < 4.78 is 27.9. The molecule has 0 bridgehead atoms. The maximum atomic E-state index is 12.6. The van der Waals surface area contributed by atoms with Gasteiger partial charge in [0.25, 0.3) is 0 Å². The predicted octanol–water partition coefficient (Wildman–Crippen LogP) is 2.32. The molecule has 0 fully saturated rings. The molecule has 7 heteroatoms. The summed E-state index contributed by atoms with van der Waals surface area (Å²) in [6.07, 6.45) is 2.53. The van der Waals surface area contributed by atoms with Gasteiger partial charge in [0, 0.05) is 23.8 Å². The minimum absolute atomic E-state index is 0.301. The Bertz CT molecular complexity index is 753. The van der Waals surface area contributed by atoms with E-state index in [1.165, 1.54) is 11.3 Å². The molecular formula is C14H17N3O2S2. The molecule has 0 saturated heterocycles. The van der Waals surface area contributed by atoms with Crippen molar-refractivity contribution in [1.29, 1.82) is 0 Å². The Morgan fingerprint density at radius 3 is 2.90 bits per heavy atom. The van der Waals surface area contributed by atoms with Crippen molar-refractivity contribution in [2.75, 3.05) is 11.9 Å². The topological polar surface area (TPSA) is 71.1 Å². The lowest BCUT2D eigenvalue weighted by Gasteiger charge is -2.23. The lowest BCUT2D eigenvalue weighted by Crippen LogP contribution is -2.40. The molecule has 2 N–H and O–H groups in total. The van der Waals surface area contributed by atoms with Gasteiger partial charge in [-0.25, -0.2) is 13.4 Å². The summed E-state index contributed by atoms with van der Waals surface area (Å²) in [7, 11) is -3.58. The molecule has 2 heterocycles. The number of rotatable bonds is 4. The first-order chi connectivity index (χ1) is 9.88. The van der Waals surface area contributed by atoms with Crippen LogP contribution in [0.4, 0.5) is 5.69 Å². The van der Waals surface area contributed by atoms with E-state index in [4.69, 9.17) is 0 Å². The van der Waals surface area contributed by atoms with Gasteiger partial charge in [0.05, 0.1) is 10.4 Å². The third-order valence-electron chi connectivity index (χ3n) is 3.45. The summed E-state index contributed by atoms with van der Waals surface area (Å²) >= 11 is 1.44. The highest BCUT2D eigenvalue weighted by atomic mass is 32.2. The van der Waals surface area contributed by atoms with Crippen molar-refractivity contribution in [1.82, 2.24) is 9.71 Å². The van der Waals surface area contributed by atoms with Crippen LogP contribution in [-0.4, -0.2) is 19.9 Å². The Kier molecular flexibility index (Phi) is 3.51. The van der Waals surface area contributed by atoms with Crippen LogP contribution in [0.25, 0.3) is 0 Å². The van der Waals surface area contributed by atoms with E-state index in [9.17, 15) is 8.42 Å². The number of nitrogens with zero attached hydrogens (tertiary/aromatic N) is 1. The van der Waals surface area contributed by atoms with Crippen molar-refractivity contribution in [3.05, 3.63) is 40.3 Å². The first-order valence-electron chi connectivity index (χ1n) is 6.69. The van der Waals surface area contributed by atoms with E-state index in [2.05, 4.69) is 15.0 Å². The summed E-state index contributed by atoms with van der Waals surface area (Å²) in [6.45, 7) is 4.49. The molecule has 2 aromatic rings. The third kappa shape index (κ3) is 2.81. The van der Waals surface area contributed by atoms with Gasteiger partial charge in [0.1, 0.15) is 5.01 Å². The largest absolute Gasteiger partial charge is 0.384 e. The average Bonchev–Trinajstić information content (AvgIpc) is 3.08. The zero-order valence-corrected chi connectivity index (χ0v) is 13.5. The van der Waals surface area contributed by atoms with Gasteiger partial charge in [-0.3, -0.25) is 0 Å². The van der Waals surface area contributed by atoms with Crippen LogP contribution in [0.15, 0.2) is 34.7 Å². The minimum Gasteiger partial charge on any atom is -0.384 e. The van der Waals surface area contributed by atoms with Crippen LogP contribution < -0.4 is 10.0 Å². The highest BCUT2D eigenvalue weighted by molar-refractivity contribution is 7.89. The van der Waals surface area contributed by atoms with Gasteiger partial charge >= 0.3 is 0 Å². The second kappa shape index (κ2) is 5.08. The number of thiazole rings is 1. The number of hydrogen-bond donors (Lipinski definition) is 2. The van der Waals surface area contributed by atoms with E-state index in [0.29, 0.717) is 4.90 Å². The molecule has 0 saturated carbocycles. The molecule has 1 aromatic heterocycles. The molecule has 21 heavy (non-hydrogen) atoms. The molecular weight excluding hydrogens is 306 g/mol. The van der Waals surface area contributed by atoms with E-state index in [-0.39, 0.29) is 0 Å². The van der Waals surface area contributed by atoms with Crippen LogP contribution in [0.1, 0.15) is 24.4 Å². The van der Waals surface area contributed by atoms with E-state index in [0.717, 1.165) is 29.2 Å². The summed E-state index contributed by atoms with van der Waals surface area (Å²) in [6, 6.07) is 5.21. The second-order valence-corrected chi connectivity index (χ2v) is 8.14. The summed E-state index contributed by atoms with van der Waals surface area (Å²) in [4.78, 5) is 4.51. The maximum absolute atomic E-state index is 12.6. The van der Waals surface area contributed by atoms with Crippen molar-refractivity contribution < 1.29 is 8.42 Å². The van der Waals surface area contributed by atoms with Crippen molar-refractivity contribution in [2.24, 2.45) is 0 Å². The molecule has 0 atom stereocenters. The van der Waals surface area contributed by atoms with Crippen LogP contribution in [0.3, 0.4) is 0 Å². The number of sulfonamides is 1. The fraction of sp³-hybridized carbons (Fsp3) is 0.357. The molecule has 1 aliphatic rings. The highest BCUT2D eigenvalue weighted by Crippen LogP contribution is 2.28. The Morgan fingerprint density at radius 2 is 2.19 bits per heavy atom. The average molecular weight is 323 g/mol. The Morgan fingerprint density at radius 1 is 1.38 bits per heavy atom. The van der Waals surface area contributed by atoms with E-state index >= 15 is 0 Å². The Labute approximate surface area is 128 Å². The van der Waals surface area contributed by atoms with Crippen molar-refractivity contribution in [3.63, 3.8) is 0 Å². The van der Waals surface area contributed by atoms with Crippen LogP contribution >= 0.6 is 11.3 Å². The fourth-order valence-electron chi connectivity index (χ4n) is 2.42. The van der Waals surface area contributed by atoms with Gasteiger partial charge < -0.3 is 5.32 Å². The standard InChI is InChI=1S/C14H17N3O2S2/c1-14(2,13-16-7-8-20-13)17-21(18,19)11-3-4-12-10(9-11)5-6-15-12/h3-4,7-9,15,17H,5-6H2,1-2H3. The van der Waals surface area contributed by atoms with Gasteiger partial charge in [0.2, 0.25) is 10.0 Å². The number of benzene rings is 1. The SMILES string of the molecule is CC(C)(NS(=O)(=O)c1ccc2c(c1)CCN2)c1nccs1. The van der Waals surface area contributed by atoms with Crippen molar-refractivity contribution >= 4 is 27.0 Å². The molecule has 0 amide bonds. The van der Waals surface area contributed by atoms with Crippen LogP contribution in [0.5, 0.6) is 0 Å². The Hall–Kier alpha value is -1.44. The number of nitrogens with one attached hydrogen (secondary N) is 2. The second-order valence-electron chi connectivity index (χ2n) is 5.56. The molecule has 1 aliphatic heterocycles. The van der Waals surface area contributed by atoms with Gasteiger partial charge in [-0.05, 0) is 44.0 Å². The van der Waals surface area contributed by atoms with E-state index in [1.807, 2.05) is 25.3 Å². The van der Waals surface area contributed by atoms with E-state index < -0.39 is 15.6 Å². The lowest BCUT2D eigenvalue weighted by molar-refractivity contribution is 0.470. The maximum Gasteiger partial charge on any atom is 0.241 e. The fourth-order valence-corrected chi connectivity index (χ4v) is 4.63.